The van der Waals surface area contributed by atoms with Crippen molar-refractivity contribution in [3.63, 3.8) is 0 Å². The van der Waals surface area contributed by atoms with Crippen molar-refractivity contribution in [1.82, 2.24) is 4.98 Å². The fourth-order valence-electron chi connectivity index (χ4n) is 4.04. The van der Waals surface area contributed by atoms with Crippen LogP contribution in [-0.2, 0) is 16.0 Å². The number of hydrogen-bond donors (Lipinski definition) is 2. The summed E-state index contributed by atoms with van der Waals surface area (Å²) < 4.78 is 32.0. The Bertz CT molecular complexity index is 912. The Balaban J connectivity index is 1.45. The molecular formula is C23H28F2N4O2. The number of pyridine rings is 1. The van der Waals surface area contributed by atoms with Gasteiger partial charge in [0, 0.05) is 32.8 Å². The summed E-state index contributed by atoms with van der Waals surface area (Å²) in [5.41, 5.74) is 1.05. The summed E-state index contributed by atoms with van der Waals surface area (Å²) in [6.07, 6.45) is 4.22. The standard InChI is InChI=1S/C23H28F2N4O2/c24-18-4-3-17(13-19(18)25)14-22(30)27-20-5-6-21(26-15-16-7-11-31-12-8-16)28-23(20)29-9-1-2-10-29/h3-6,13,16H,1-2,7-12,14-15H2,(H,26,28)(H,27,30). The van der Waals surface area contributed by atoms with E-state index in [9.17, 15) is 13.6 Å². The van der Waals surface area contributed by atoms with Crippen LogP contribution < -0.4 is 15.5 Å². The lowest BCUT2D eigenvalue weighted by Crippen LogP contribution is -2.25. The lowest BCUT2D eigenvalue weighted by atomic mass is 10.0. The molecule has 0 bridgehead atoms. The van der Waals surface area contributed by atoms with Crippen LogP contribution in [0.2, 0.25) is 0 Å². The third-order valence-electron chi connectivity index (χ3n) is 5.82. The van der Waals surface area contributed by atoms with Crippen molar-refractivity contribution in [2.75, 3.05) is 48.4 Å². The minimum absolute atomic E-state index is 0.0413. The molecule has 0 atom stereocenters. The lowest BCUT2D eigenvalue weighted by molar-refractivity contribution is -0.115. The Hall–Kier alpha value is -2.74. The zero-order valence-corrected chi connectivity index (χ0v) is 17.5. The van der Waals surface area contributed by atoms with Gasteiger partial charge in [-0.05, 0) is 61.4 Å². The smallest absolute Gasteiger partial charge is 0.228 e. The van der Waals surface area contributed by atoms with Crippen LogP contribution in [0.1, 0.15) is 31.2 Å². The Labute approximate surface area is 181 Å². The average Bonchev–Trinajstić information content (AvgIpc) is 3.31. The number of aromatic nitrogens is 1. The Morgan fingerprint density at radius 3 is 2.61 bits per heavy atom. The molecule has 0 radical (unpaired) electrons. The van der Waals surface area contributed by atoms with E-state index in [4.69, 9.17) is 9.72 Å². The number of halogens is 2. The lowest BCUT2D eigenvalue weighted by Gasteiger charge is -2.24. The highest BCUT2D eigenvalue weighted by atomic mass is 19.2. The maximum absolute atomic E-state index is 13.4. The van der Waals surface area contributed by atoms with E-state index in [2.05, 4.69) is 15.5 Å². The van der Waals surface area contributed by atoms with Gasteiger partial charge in [0.05, 0.1) is 12.1 Å². The van der Waals surface area contributed by atoms with E-state index in [0.717, 1.165) is 82.3 Å². The Morgan fingerprint density at radius 2 is 1.87 bits per heavy atom. The zero-order chi connectivity index (χ0) is 21.6. The molecule has 1 aromatic heterocycles. The molecule has 2 saturated heterocycles. The number of amides is 1. The molecular weight excluding hydrogens is 402 g/mol. The van der Waals surface area contributed by atoms with E-state index in [0.29, 0.717) is 17.2 Å². The van der Waals surface area contributed by atoms with Gasteiger partial charge in [-0.15, -0.1) is 0 Å². The fraction of sp³-hybridized carbons (Fsp3) is 0.478. The quantitative estimate of drug-likeness (QED) is 0.696. The first kappa shape index (κ1) is 21.5. The van der Waals surface area contributed by atoms with Gasteiger partial charge in [0.1, 0.15) is 5.82 Å². The van der Waals surface area contributed by atoms with Crippen molar-refractivity contribution in [1.29, 1.82) is 0 Å². The third-order valence-corrected chi connectivity index (χ3v) is 5.82. The summed E-state index contributed by atoms with van der Waals surface area (Å²) in [7, 11) is 0. The van der Waals surface area contributed by atoms with E-state index in [1.54, 1.807) is 0 Å². The summed E-state index contributed by atoms with van der Waals surface area (Å²) in [5, 5.41) is 6.33. The van der Waals surface area contributed by atoms with Crippen LogP contribution in [0.25, 0.3) is 0 Å². The molecule has 8 heteroatoms. The summed E-state index contributed by atoms with van der Waals surface area (Å²) in [6, 6.07) is 7.23. The zero-order valence-electron chi connectivity index (χ0n) is 17.5. The van der Waals surface area contributed by atoms with E-state index >= 15 is 0 Å². The molecule has 0 spiro atoms. The Kier molecular flexibility index (Phi) is 6.96. The minimum Gasteiger partial charge on any atom is -0.381 e. The summed E-state index contributed by atoms with van der Waals surface area (Å²) in [4.78, 5) is 19.5. The van der Waals surface area contributed by atoms with Gasteiger partial charge in [0.2, 0.25) is 5.91 Å². The molecule has 2 aromatic rings. The molecule has 2 aliphatic rings. The topological polar surface area (TPSA) is 66.5 Å². The maximum Gasteiger partial charge on any atom is 0.228 e. The number of carbonyl (C=O) groups is 1. The van der Waals surface area contributed by atoms with Gasteiger partial charge >= 0.3 is 0 Å². The van der Waals surface area contributed by atoms with Gasteiger partial charge in [-0.25, -0.2) is 13.8 Å². The monoisotopic (exact) mass is 430 g/mol. The minimum atomic E-state index is -0.954. The molecule has 166 valence electrons. The molecule has 1 amide bonds. The molecule has 2 N–H and O–H groups in total. The number of carbonyl (C=O) groups excluding carboxylic acids is 1. The van der Waals surface area contributed by atoms with Gasteiger partial charge < -0.3 is 20.3 Å². The highest BCUT2D eigenvalue weighted by Crippen LogP contribution is 2.29. The Morgan fingerprint density at radius 1 is 1.10 bits per heavy atom. The second-order valence-electron chi connectivity index (χ2n) is 8.17. The molecule has 0 aliphatic carbocycles. The van der Waals surface area contributed by atoms with E-state index in [-0.39, 0.29) is 12.3 Å². The first-order chi connectivity index (χ1) is 15.1. The first-order valence-electron chi connectivity index (χ1n) is 10.9. The molecule has 0 unspecified atom stereocenters. The van der Waals surface area contributed by atoms with Gasteiger partial charge in [0.15, 0.2) is 17.5 Å². The van der Waals surface area contributed by atoms with Crippen molar-refractivity contribution in [2.45, 2.75) is 32.1 Å². The summed E-state index contributed by atoms with van der Waals surface area (Å²) in [6.45, 7) is 4.24. The van der Waals surface area contributed by atoms with Gasteiger partial charge in [-0.2, -0.15) is 0 Å². The van der Waals surface area contributed by atoms with Gasteiger partial charge in [-0.3, -0.25) is 4.79 Å². The van der Waals surface area contributed by atoms with E-state index in [1.165, 1.54) is 6.07 Å². The molecule has 2 fully saturated rings. The first-order valence-corrected chi connectivity index (χ1v) is 10.9. The van der Waals surface area contributed by atoms with Crippen LogP contribution >= 0.6 is 0 Å². The molecule has 2 aliphatic heterocycles. The molecule has 31 heavy (non-hydrogen) atoms. The van der Waals surface area contributed by atoms with Crippen LogP contribution in [0, 0.1) is 17.6 Å². The van der Waals surface area contributed by atoms with Crippen LogP contribution in [0.5, 0.6) is 0 Å². The molecule has 1 aromatic carbocycles. The second-order valence-corrected chi connectivity index (χ2v) is 8.17. The van der Waals surface area contributed by atoms with Crippen molar-refractivity contribution in [3.05, 3.63) is 47.5 Å². The van der Waals surface area contributed by atoms with Gasteiger partial charge in [0.25, 0.3) is 0 Å². The van der Waals surface area contributed by atoms with Crippen LogP contribution in [0.4, 0.5) is 26.1 Å². The van der Waals surface area contributed by atoms with Crippen molar-refractivity contribution in [3.8, 4) is 0 Å². The van der Waals surface area contributed by atoms with E-state index in [1.807, 2.05) is 12.1 Å². The molecule has 4 rings (SSSR count). The summed E-state index contributed by atoms with van der Waals surface area (Å²) >= 11 is 0. The number of rotatable bonds is 7. The van der Waals surface area contributed by atoms with Crippen molar-refractivity contribution < 1.29 is 18.3 Å². The van der Waals surface area contributed by atoms with Gasteiger partial charge in [-0.1, -0.05) is 6.07 Å². The fourth-order valence-corrected chi connectivity index (χ4v) is 4.04. The van der Waals surface area contributed by atoms with E-state index < -0.39 is 11.6 Å². The SMILES string of the molecule is O=C(Cc1ccc(F)c(F)c1)Nc1ccc(NCC2CCOCC2)nc1N1CCCC1. The molecule has 0 saturated carbocycles. The van der Waals surface area contributed by atoms with Crippen molar-refractivity contribution in [2.24, 2.45) is 5.92 Å². The van der Waals surface area contributed by atoms with Crippen LogP contribution in [0.3, 0.4) is 0 Å². The van der Waals surface area contributed by atoms with Crippen LogP contribution in [-0.4, -0.2) is 43.7 Å². The second kappa shape index (κ2) is 10.0. The summed E-state index contributed by atoms with van der Waals surface area (Å²) in [5.74, 6) is -0.0734. The number of ether oxygens (including phenoxy) is 1. The predicted octanol–water partition coefficient (Wildman–Crippen LogP) is 3.98. The number of nitrogens with one attached hydrogen (secondary N) is 2. The normalized spacial score (nSPS) is 17.0. The van der Waals surface area contributed by atoms with Crippen molar-refractivity contribution >= 4 is 23.2 Å². The number of anilines is 3. The molecule has 6 nitrogen and oxygen atoms in total. The highest BCUT2D eigenvalue weighted by Gasteiger charge is 2.20. The number of benzene rings is 1. The largest absolute Gasteiger partial charge is 0.381 e. The average molecular weight is 430 g/mol. The van der Waals surface area contributed by atoms with Crippen LogP contribution in [0.15, 0.2) is 30.3 Å². The predicted molar refractivity (Wildman–Crippen MR) is 116 cm³/mol. The highest BCUT2D eigenvalue weighted by molar-refractivity contribution is 5.95. The number of hydrogen-bond acceptors (Lipinski definition) is 5. The molecule has 3 heterocycles. The number of nitrogens with zero attached hydrogens (tertiary/aromatic N) is 2. The maximum atomic E-state index is 13.4. The third kappa shape index (κ3) is 5.70.